The van der Waals surface area contributed by atoms with E-state index in [1.165, 1.54) is 59.9 Å². The Hall–Kier alpha value is -3.35. The Morgan fingerprint density at radius 1 is 1.07 bits per heavy atom. The molecule has 206 valence electrons. The number of hydrogen-bond acceptors (Lipinski definition) is 4. The number of carbonyl (C=O) groups is 1. The summed E-state index contributed by atoms with van der Waals surface area (Å²) >= 11 is 5.96. The summed E-state index contributed by atoms with van der Waals surface area (Å²) in [5, 5.41) is 11.5. The predicted octanol–water partition coefficient (Wildman–Crippen LogP) is 7.69. The van der Waals surface area contributed by atoms with Gasteiger partial charge in [-0.15, -0.1) is 0 Å². The van der Waals surface area contributed by atoms with Gasteiger partial charge in [0.05, 0.1) is 11.3 Å². The molecule has 2 aromatic heterocycles. The third-order valence-corrected chi connectivity index (χ3v) is 9.57. The van der Waals surface area contributed by atoms with Crippen LogP contribution in [0.5, 0.6) is 5.75 Å². The van der Waals surface area contributed by atoms with Crippen LogP contribution in [0.1, 0.15) is 77.5 Å². The quantitative estimate of drug-likeness (QED) is 0.256. The fourth-order valence-corrected chi connectivity index (χ4v) is 7.60. The minimum absolute atomic E-state index is 0.285. The Balaban J connectivity index is 1.40. The third-order valence-electron chi connectivity index (χ3n) is 9.35. The van der Waals surface area contributed by atoms with Crippen molar-refractivity contribution in [3.05, 3.63) is 82.1 Å². The first-order valence-electron chi connectivity index (χ1n) is 14.4. The van der Waals surface area contributed by atoms with Crippen molar-refractivity contribution in [2.45, 2.75) is 63.6 Å². The topological polar surface area (TPSA) is 67.6 Å². The number of rotatable bonds is 5. The van der Waals surface area contributed by atoms with E-state index in [4.69, 9.17) is 16.3 Å². The van der Waals surface area contributed by atoms with Gasteiger partial charge in [-0.1, -0.05) is 43.0 Å². The Morgan fingerprint density at radius 3 is 2.70 bits per heavy atom. The lowest BCUT2D eigenvalue weighted by molar-refractivity contribution is 0.0697. The lowest BCUT2D eigenvalue weighted by atomic mass is 9.81. The maximum atomic E-state index is 12.0. The first kappa shape index (κ1) is 25.6. The highest BCUT2D eigenvalue weighted by molar-refractivity contribution is 6.29. The molecule has 1 N–H and O–H groups in total. The minimum Gasteiger partial charge on any atom is -0.489 e. The van der Waals surface area contributed by atoms with Gasteiger partial charge in [0.1, 0.15) is 17.5 Å². The first-order valence-corrected chi connectivity index (χ1v) is 14.8. The Bertz CT molecular complexity index is 1590. The molecule has 3 aliphatic rings. The van der Waals surface area contributed by atoms with Gasteiger partial charge in [-0.2, -0.15) is 0 Å². The van der Waals surface area contributed by atoms with Crippen LogP contribution >= 0.6 is 11.6 Å². The summed E-state index contributed by atoms with van der Waals surface area (Å²) in [5.74, 6) is 0.899. The van der Waals surface area contributed by atoms with Crippen molar-refractivity contribution >= 4 is 28.5 Å². The second-order valence-corrected chi connectivity index (χ2v) is 12.1. The molecule has 0 spiro atoms. The van der Waals surface area contributed by atoms with Crippen LogP contribution in [0.15, 0.2) is 54.7 Å². The smallest absolute Gasteiger partial charge is 0.335 e. The predicted molar refractivity (Wildman–Crippen MR) is 157 cm³/mol. The van der Waals surface area contributed by atoms with Gasteiger partial charge in [0.15, 0.2) is 0 Å². The number of fused-ring (bicyclic) bond motifs is 7. The molecule has 2 aromatic carbocycles. The maximum absolute atomic E-state index is 12.0. The van der Waals surface area contributed by atoms with E-state index in [2.05, 4.69) is 45.8 Å². The number of pyridine rings is 1. The molecule has 7 heteroatoms. The minimum atomic E-state index is -0.873. The molecule has 2 unspecified atom stereocenters. The number of aromatic nitrogens is 2. The van der Waals surface area contributed by atoms with Crippen LogP contribution in [0.4, 0.5) is 0 Å². The number of likely N-dealkylation sites (tertiary alicyclic amines) is 1. The highest BCUT2D eigenvalue weighted by atomic mass is 35.5. The van der Waals surface area contributed by atoms with E-state index in [9.17, 15) is 9.90 Å². The number of aromatic carboxylic acids is 1. The molecule has 1 saturated carbocycles. The van der Waals surface area contributed by atoms with E-state index in [0.29, 0.717) is 29.2 Å². The lowest BCUT2D eigenvalue weighted by Gasteiger charge is -2.26. The number of carboxylic acid groups (broad SMARTS) is 1. The van der Waals surface area contributed by atoms with E-state index in [0.717, 1.165) is 36.3 Å². The van der Waals surface area contributed by atoms with Crippen LogP contribution in [0.2, 0.25) is 5.15 Å². The average molecular weight is 556 g/mol. The summed E-state index contributed by atoms with van der Waals surface area (Å²) in [7, 11) is 2.23. The van der Waals surface area contributed by atoms with Gasteiger partial charge in [0.25, 0.3) is 0 Å². The zero-order valence-corrected chi connectivity index (χ0v) is 23.5. The second kappa shape index (κ2) is 10.2. The van der Waals surface area contributed by atoms with Crippen molar-refractivity contribution in [3.63, 3.8) is 0 Å². The number of hydrogen-bond donors (Lipinski definition) is 1. The molecule has 2 fully saturated rings. The molecular weight excluding hydrogens is 522 g/mol. The van der Waals surface area contributed by atoms with Crippen LogP contribution in [0.3, 0.4) is 0 Å². The average Bonchev–Trinajstić information content (AvgIpc) is 3.45. The molecule has 2 atom stereocenters. The van der Waals surface area contributed by atoms with Crippen molar-refractivity contribution < 1.29 is 14.6 Å². The first-order chi connectivity index (χ1) is 19.5. The molecule has 2 aliphatic heterocycles. The van der Waals surface area contributed by atoms with E-state index in [1.807, 2.05) is 12.1 Å². The fourth-order valence-electron chi connectivity index (χ4n) is 7.49. The molecule has 4 heterocycles. The van der Waals surface area contributed by atoms with Crippen molar-refractivity contribution in [3.8, 4) is 17.0 Å². The van der Waals surface area contributed by atoms with E-state index < -0.39 is 5.97 Å². The van der Waals surface area contributed by atoms with Gasteiger partial charge in [0, 0.05) is 40.8 Å². The normalized spacial score (nSPS) is 21.1. The van der Waals surface area contributed by atoms with Crippen LogP contribution in [-0.2, 0) is 13.2 Å². The Labute approximate surface area is 239 Å². The fraction of sp³-hybridized carbons (Fsp3) is 0.394. The molecular formula is C33H34ClN3O3. The summed E-state index contributed by atoms with van der Waals surface area (Å²) < 4.78 is 8.75. The number of benzene rings is 2. The molecule has 1 aliphatic carbocycles. The number of nitrogens with zero attached hydrogens (tertiary/aromatic N) is 3. The molecule has 4 aromatic rings. The van der Waals surface area contributed by atoms with E-state index in [-0.39, 0.29) is 6.04 Å². The molecule has 7 rings (SSSR count). The second-order valence-electron chi connectivity index (χ2n) is 11.7. The highest BCUT2D eigenvalue weighted by Gasteiger charge is 2.40. The van der Waals surface area contributed by atoms with E-state index in [1.54, 1.807) is 18.3 Å². The standard InChI is InChI=1S/C33H34ClN3O3/c1-36-14-13-23-18-37-28-15-22(33(38)39)8-10-26(28)30(21-5-3-2-4-6-21)32(37)25-11-9-24(16-27(25)31(23)36)40-19-20-7-12-29(34)35-17-20/h7-12,15-17,21,23,31H,2-6,13-14,18-19H2,1H3,(H,38,39). The van der Waals surface area contributed by atoms with Crippen molar-refractivity contribution in [2.75, 3.05) is 13.6 Å². The number of halogens is 1. The number of carboxylic acids is 1. The monoisotopic (exact) mass is 555 g/mol. The summed E-state index contributed by atoms with van der Waals surface area (Å²) in [6.07, 6.45) is 9.03. The van der Waals surface area contributed by atoms with Crippen LogP contribution in [0.25, 0.3) is 22.2 Å². The zero-order valence-electron chi connectivity index (χ0n) is 22.8. The largest absolute Gasteiger partial charge is 0.489 e. The lowest BCUT2D eigenvalue weighted by Crippen LogP contribution is -2.22. The Morgan fingerprint density at radius 2 is 1.93 bits per heavy atom. The van der Waals surface area contributed by atoms with Gasteiger partial charge in [0.2, 0.25) is 0 Å². The van der Waals surface area contributed by atoms with Crippen LogP contribution < -0.4 is 4.74 Å². The molecule has 0 amide bonds. The SMILES string of the molecule is CN1CCC2Cn3c(c(C4CCCCC4)c4ccc(C(=O)O)cc43)-c3ccc(OCc4ccc(Cl)nc4)cc3C21. The molecule has 0 radical (unpaired) electrons. The summed E-state index contributed by atoms with van der Waals surface area (Å²) in [6, 6.07) is 16.4. The van der Waals surface area contributed by atoms with Crippen LogP contribution in [0, 0.1) is 5.92 Å². The van der Waals surface area contributed by atoms with Gasteiger partial charge in [-0.25, -0.2) is 9.78 Å². The molecule has 0 bridgehead atoms. The van der Waals surface area contributed by atoms with E-state index >= 15 is 0 Å². The highest BCUT2D eigenvalue weighted by Crippen LogP contribution is 2.51. The molecule has 6 nitrogen and oxygen atoms in total. The Kier molecular flexibility index (Phi) is 6.56. The van der Waals surface area contributed by atoms with Gasteiger partial charge >= 0.3 is 5.97 Å². The van der Waals surface area contributed by atoms with Crippen LogP contribution in [-0.4, -0.2) is 39.1 Å². The van der Waals surface area contributed by atoms with Crippen molar-refractivity contribution in [1.82, 2.24) is 14.5 Å². The van der Waals surface area contributed by atoms with Gasteiger partial charge < -0.3 is 14.4 Å². The van der Waals surface area contributed by atoms with Gasteiger partial charge in [-0.05, 0) is 92.2 Å². The molecule has 40 heavy (non-hydrogen) atoms. The summed E-state index contributed by atoms with van der Waals surface area (Å²) in [4.78, 5) is 18.7. The summed E-state index contributed by atoms with van der Waals surface area (Å²) in [6.45, 7) is 2.36. The third kappa shape index (κ3) is 4.38. The maximum Gasteiger partial charge on any atom is 0.335 e. The zero-order chi connectivity index (χ0) is 27.4. The van der Waals surface area contributed by atoms with Crippen molar-refractivity contribution in [2.24, 2.45) is 5.92 Å². The molecule has 1 saturated heterocycles. The van der Waals surface area contributed by atoms with Gasteiger partial charge in [-0.3, -0.25) is 4.90 Å². The van der Waals surface area contributed by atoms with Crippen molar-refractivity contribution in [1.29, 1.82) is 0 Å². The summed E-state index contributed by atoms with van der Waals surface area (Å²) in [5.41, 5.74) is 7.67. The number of ether oxygens (including phenoxy) is 1.